The summed E-state index contributed by atoms with van der Waals surface area (Å²) < 4.78 is 66.2. The standard InChI is InChI=1S/C35H40N2O6S2/c1-3-15-35(16-4-2)33-25-29(27-11-19-36(20-12-27)17-5-23-44(38,39)40)7-9-31(33)32-10-8-30(26-34(32)35)28-13-21-37(22-14-28)18-6-24-45(41,42)43/h7-14,19-22,25-26H,3-6,15-18,23-24H2,1-2H3/p+2. The third-order valence-electron chi connectivity index (χ3n) is 8.80. The largest absolute Gasteiger partial charge is 0.286 e. The van der Waals surface area contributed by atoms with E-state index in [0.717, 1.165) is 47.9 Å². The Hall–Kier alpha value is -3.44. The van der Waals surface area contributed by atoms with Gasteiger partial charge in [-0.1, -0.05) is 51.0 Å². The van der Waals surface area contributed by atoms with Crippen molar-refractivity contribution in [2.24, 2.45) is 0 Å². The summed E-state index contributed by atoms with van der Waals surface area (Å²) in [7, 11) is -7.92. The molecule has 5 rings (SSSR count). The molecule has 0 spiro atoms. The molecule has 4 aromatic rings. The summed E-state index contributed by atoms with van der Waals surface area (Å²) in [6, 6.07) is 21.8. The number of nitrogens with zero attached hydrogens (tertiary/aromatic N) is 2. The highest BCUT2D eigenvalue weighted by atomic mass is 32.2. The van der Waals surface area contributed by atoms with Crippen LogP contribution in [0.4, 0.5) is 0 Å². The van der Waals surface area contributed by atoms with Crippen molar-refractivity contribution < 1.29 is 35.1 Å². The predicted octanol–water partition coefficient (Wildman–Crippen LogP) is 6.02. The van der Waals surface area contributed by atoms with Crippen LogP contribution in [0.25, 0.3) is 33.4 Å². The van der Waals surface area contributed by atoms with E-state index in [1.54, 1.807) is 0 Å². The fourth-order valence-corrected chi connectivity index (χ4v) is 7.82. The minimum Gasteiger partial charge on any atom is -0.286 e. The van der Waals surface area contributed by atoms with Gasteiger partial charge in [0.1, 0.15) is 13.1 Å². The molecule has 10 heteroatoms. The van der Waals surface area contributed by atoms with Crippen LogP contribution in [0.15, 0.2) is 85.5 Å². The van der Waals surface area contributed by atoms with Gasteiger partial charge in [-0.05, 0) is 69.5 Å². The molecule has 0 saturated carbocycles. The Morgan fingerprint density at radius 2 is 0.956 bits per heavy atom. The van der Waals surface area contributed by atoms with Gasteiger partial charge in [0, 0.05) is 42.5 Å². The Balaban J connectivity index is 1.44. The quantitative estimate of drug-likeness (QED) is 0.127. The van der Waals surface area contributed by atoms with Crippen molar-refractivity contribution >= 4 is 20.2 Å². The topological polar surface area (TPSA) is 117 Å². The summed E-state index contributed by atoms with van der Waals surface area (Å²) in [5.41, 5.74) is 9.67. The summed E-state index contributed by atoms with van der Waals surface area (Å²) >= 11 is 0. The minimum atomic E-state index is -3.96. The third kappa shape index (κ3) is 7.69. The molecule has 0 bridgehead atoms. The molecule has 2 N–H and O–H groups in total. The van der Waals surface area contributed by atoms with E-state index >= 15 is 0 Å². The highest BCUT2D eigenvalue weighted by molar-refractivity contribution is 7.86. The molecule has 1 aliphatic carbocycles. The van der Waals surface area contributed by atoms with Crippen molar-refractivity contribution in [1.82, 2.24) is 0 Å². The second kappa shape index (κ2) is 13.5. The molecule has 0 aliphatic heterocycles. The lowest BCUT2D eigenvalue weighted by Gasteiger charge is -2.32. The Morgan fingerprint density at radius 1 is 0.578 bits per heavy atom. The lowest BCUT2D eigenvalue weighted by Crippen LogP contribution is -2.33. The number of aromatic nitrogens is 2. The van der Waals surface area contributed by atoms with Gasteiger partial charge in [0.25, 0.3) is 20.2 Å². The van der Waals surface area contributed by atoms with Crippen LogP contribution < -0.4 is 9.13 Å². The number of rotatable bonds is 14. The van der Waals surface area contributed by atoms with Gasteiger partial charge in [-0.2, -0.15) is 16.8 Å². The maximum atomic E-state index is 11.1. The second-order valence-electron chi connectivity index (χ2n) is 12.0. The zero-order valence-electron chi connectivity index (χ0n) is 25.9. The van der Waals surface area contributed by atoms with E-state index in [1.807, 2.05) is 33.9 Å². The summed E-state index contributed by atoms with van der Waals surface area (Å²) in [6.07, 6.45) is 12.7. The molecule has 0 fully saturated rings. The lowest BCUT2D eigenvalue weighted by molar-refractivity contribution is -0.696. The number of hydrogen-bond donors (Lipinski definition) is 2. The van der Waals surface area contributed by atoms with E-state index < -0.39 is 20.2 Å². The molecule has 238 valence electrons. The van der Waals surface area contributed by atoms with E-state index in [1.165, 1.54) is 22.3 Å². The van der Waals surface area contributed by atoms with E-state index in [9.17, 15) is 16.8 Å². The first kappa shape index (κ1) is 32.9. The van der Waals surface area contributed by atoms with Crippen LogP contribution in [0.5, 0.6) is 0 Å². The SMILES string of the molecule is CCCC1(CCC)c2cc(-c3cc[n+](CCCS(=O)(=O)O)cc3)ccc2-c2ccc(-c3cc[n+](CCCS(=O)(=O)O)cc3)cc21. The normalized spacial score (nSPS) is 13.9. The van der Waals surface area contributed by atoms with Gasteiger partial charge in [0.05, 0.1) is 11.5 Å². The second-order valence-corrected chi connectivity index (χ2v) is 15.2. The van der Waals surface area contributed by atoms with Gasteiger partial charge in [-0.15, -0.1) is 0 Å². The average molecular weight is 651 g/mol. The van der Waals surface area contributed by atoms with Crippen molar-refractivity contribution in [2.75, 3.05) is 11.5 Å². The highest BCUT2D eigenvalue weighted by Crippen LogP contribution is 2.55. The molecular weight excluding hydrogens is 609 g/mol. The Bertz CT molecular complexity index is 1730. The summed E-state index contributed by atoms with van der Waals surface area (Å²) in [6.45, 7) is 5.51. The maximum absolute atomic E-state index is 11.1. The monoisotopic (exact) mass is 650 g/mol. The summed E-state index contributed by atoms with van der Waals surface area (Å²) in [5, 5.41) is 0. The number of hydrogen-bond acceptors (Lipinski definition) is 4. The van der Waals surface area contributed by atoms with Crippen molar-refractivity contribution in [3.05, 3.63) is 96.6 Å². The van der Waals surface area contributed by atoms with Crippen molar-refractivity contribution in [3.8, 4) is 33.4 Å². The van der Waals surface area contributed by atoms with Gasteiger partial charge in [0.2, 0.25) is 0 Å². The average Bonchev–Trinajstić information content (AvgIpc) is 3.25. The molecule has 0 radical (unpaired) electrons. The Kier molecular flexibility index (Phi) is 9.88. The molecular formula is C35H42N2O6S2+2. The van der Waals surface area contributed by atoms with Crippen LogP contribution in [0, 0.1) is 0 Å². The molecule has 8 nitrogen and oxygen atoms in total. The van der Waals surface area contributed by atoms with Crippen LogP contribution in [0.3, 0.4) is 0 Å². The van der Waals surface area contributed by atoms with E-state index in [-0.39, 0.29) is 16.9 Å². The molecule has 0 saturated heterocycles. The number of pyridine rings is 2. The predicted molar refractivity (Wildman–Crippen MR) is 176 cm³/mol. The summed E-state index contributed by atoms with van der Waals surface area (Å²) in [4.78, 5) is 0. The fraction of sp³-hybridized carbons (Fsp3) is 0.371. The van der Waals surface area contributed by atoms with Crippen LogP contribution in [0.2, 0.25) is 0 Å². The third-order valence-corrected chi connectivity index (χ3v) is 10.4. The smallest absolute Gasteiger partial charge is 0.265 e. The highest BCUT2D eigenvalue weighted by Gasteiger charge is 2.42. The van der Waals surface area contributed by atoms with Gasteiger partial charge in [0.15, 0.2) is 24.8 Å². The van der Waals surface area contributed by atoms with E-state index in [2.05, 4.69) is 74.5 Å². The maximum Gasteiger partial charge on any atom is 0.265 e. The van der Waals surface area contributed by atoms with Crippen molar-refractivity contribution in [1.29, 1.82) is 0 Å². The van der Waals surface area contributed by atoms with Gasteiger partial charge >= 0.3 is 0 Å². The number of aryl methyl sites for hydroxylation is 2. The van der Waals surface area contributed by atoms with Crippen LogP contribution in [-0.4, -0.2) is 37.4 Å². The van der Waals surface area contributed by atoms with Gasteiger partial charge in [-0.3, -0.25) is 9.11 Å². The first-order chi connectivity index (χ1) is 21.4. The first-order valence-corrected chi connectivity index (χ1v) is 18.8. The van der Waals surface area contributed by atoms with Crippen LogP contribution in [-0.2, 0) is 38.7 Å². The molecule has 45 heavy (non-hydrogen) atoms. The number of fused-ring (bicyclic) bond motifs is 3. The van der Waals surface area contributed by atoms with Gasteiger partial charge in [-0.25, -0.2) is 9.13 Å². The lowest BCUT2D eigenvalue weighted by atomic mass is 9.71. The first-order valence-electron chi connectivity index (χ1n) is 15.6. The molecule has 0 amide bonds. The molecule has 2 aromatic heterocycles. The van der Waals surface area contributed by atoms with Crippen LogP contribution >= 0.6 is 0 Å². The zero-order valence-corrected chi connectivity index (χ0v) is 27.5. The summed E-state index contributed by atoms with van der Waals surface area (Å²) in [5.74, 6) is -0.508. The van der Waals surface area contributed by atoms with E-state index in [4.69, 9.17) is 9.11 Å². The van der Waals surface area contributed by atoms with Gasteiger partial charge < -0.3 is 0 Å². The van der Waals surface area contributed by atoms with E-state index in [0.29, 0.717) is 25.9 Å². The fourth-order valence-electron chi connectivity index (χ4n) is 6.83. The molecule has 0 unspecified atom stereocenters. The molecule has 1 aliphatic rings. The Labute approximate surface area is 266 Å². The van der Waals surface area contributed by atoms with Crippen LogP contribution in [0.1, 0.15) is 63.5 Å². The molecule has 2 heterocycles. The van der Waals surface area contributed by atoms with Crippen molar-refractivity contribution in [3.63, 3.8) is 0 Å². The Morgan fingerprint density at radius 3 is 1.29 bits per heavy atom. The minimum absolute atomic E-state index is 0.102. The number of benzene rings is 2. The molecule has 2 aromatic carbocycles. The zero-order chi connectivity index (χ0) is 32.2. The van der Waals surface area contributed by atoms with Crippen molar-refractivity contribution in [2.45, 2.75) is 70.9 Å². The molecule has 0 atom stereocenters.